The van der Waals surface area contributed by atoms with Gasteiger partial charge in [0.25, 0.3) is 0 Å². The maximum Gasteiger partial charge on any atom is 0.248 e. The van der Waals surface area contributed by atoms with Crippen LogP contribution in [0.3, 0.4) is 0 Å². The molecule has 0 atom stereocenters. The lowest BCUT2D eigenvalue weighted by Gasteiger charge is -2.25. The number of rotatable bonds is 2. The molecule has 1 heterocycles. The number of anilines is 1. The van der Waals surface area contributed by atoms with Gasteiger partial charge in [-0.05, 0) is 58.4 Å². The van der Waals surface area contributed by atoms with Gasteiger partial charge in [-0.1, -0.05) is 47.6 Å². The SMILES string of the molecule is CC(C)(C)c1cc(-c2nnc(-c3ccc(N)cc3)o2)cc(C(C)(C)C)c1. The summed E-state index contributed by atoms with van der Waals surface area (Å²) >= 11 is 0. The molecule has 0 amide bonds. The zero-order chi connectivity index (χ0) is 19.1. The molecule has 0 spiro atoms. The van der Waals surface area contributed by atoms with Gasteiger partial charge in [-0.3, -0.25) is 0 Å². The summed E-state index contributed by atoms with van der Waals surface area (Å²) in [7, 11) is 0. The van der Waals surface area contributed by atoms with Crippen molar-refractivity contribution in [3.8, 4) is 22.9 Å². The van der Waals surface area contributed by atoms with Crippen molar-refractivity contribution in [3.05, 3.63) is 53.6 Å². The van der Waals surface area contributed by atoms with Crippen LogP contribution in [0.5, 0.6) is 0 Å². The largest absolute Gasteiger partial charge is 0.416 e. The smallest absolute Gasteiger partial charge is 0.248 e. The first-order valence-corrected chi connectivity index (χ1v) is 8.90. The Hall–Kier alpha value is -2.62. The van der Waals surface area contributed by atoms with E-state index in [1.54, 1.807) is 0 Å². The summed E-state index contributed by atoms with van der Waals surface area (Å²) in [5, 5.41) is 8.50. The number of benzene rings is 2. The third-order valence-corrected chi connectivity index (χ3v) is 4.49. The predicted molar refractivity (Wildman–Crippen MR) is 107 cm³/mol. The van der Waals surface area contributed by atoms with E-state index in [9.17, 15) is 0 Å². The van der Waals surface area contributed by atoms with Gasteiger partial charge in [0, 0.05) is 16.8 Å². The lowest BCUT2D eigenvalue weighted by atomic mass is 9.79. The van der Waals surface area contributed by atoms with Crippen LogP contribution >= 0.6 is 0 Å². The van der Waals surface area contributed by atoms with Crippen molar-refractivity contribution in [2.75, 3.05) is 5.73 Å². The summed E-state index contributed by atoms with van der Waals surface area (Å²) < 4.78 is 5.97. The summed E-state index contributed by atoms with van der Waals surface area (Å²) in [5.41, 5.74) is 10.9. The van der Waals surface area contributed by atoms with Gasteiger partial charge in [0.2, 0.25) is 11.8 Å². The molecule has 0 aliphatic carbocycles. The van der Waals surface area contributed by atoms with Crippen molar-refractivity contribution in [2.24, 2.45) is 0 Å². The summed E-state index contributed by atoms with van der Waals surface area (Å²) in [6.07, 6.45) is 0. The number of aromatic nitrogens is 2. The highest BCUT2D eigenvalue weighted by Crippen LogP contribution is 2.34. The normalized spacial score (nSPS) is 12.4. The van der Waals surface area contributed by atoms with Crippen LogP contribution in [0.25, 0.3) is 22.9 Å². The Labute approximate surface area is 155 Å². The van der Waals surface area contributed by atoms with Crippen LogP contribution in [0.15, 0.2) is 46.9 Å². The Bertz CT molecular complexity index is 878. The fourth-order valence-electron chi connectivity index (χ4n) is 2.70. The zero-order valence-electron chi connectivity index (χ0n) is 16.4. The topological polar surface area (TPSA) is 64.9 Å². The Morgan fingerprint density at radius 2 is 1.15 bits per heavy atom. The Morgan fingerprint density at radius 3 is 1.62 bits per heavy atom. The molecule has 3 aromatic rings. The van der Waals surface area contributed by atoms with Crippen LogP contribution in [-0.4, -0.2) is 10.2 Å². The molecule has 0 fully saturated rings. The molecule has 0 aliphatic rings. The van der Waals surface area contributed by atoms with Crippen LogP contribution in [-0.2, 0) is 10.8 Å². The first kappa shape index (κ1) is 18.2. The van der Waals surface area contributed by atoms with E-state index in [1.165, 1.54) is 11.1 Å². The quantitative estimate of drug-likeness (QED) is 0.613. The standard InChI is InChI=1S/C22H27N3O/c1-21(2,3)16-11-15(12-17(13-16)22(4,5)6)20-25-24-19(26-20)14-7-9-18(23)10-8-14/h7-13H,23H2,1-6H3. The lowest BCUT2D eigenvalue weighted by molar-refractivity contribution is 0.564. The molecular weight excluding hydrogens is 322 g/mol. The monoisotopic (exact) mass is 349 g/mol. The summed E-state index contributed by atoms with van der Waals surface area (Å²) in [5.74, 6) is 1.03. The van der Waals surface area contributed by atoms with E-state index < -0.39 is 0 Å². The molecule has 0 bridgehead atoms. The molecule has 0 saturated heterocycles. The Balaban J connectivity index is 2.07. The maximum atomic E-state index is 5.97. The second kappa shape index (κ2) is 6.27. The van der Waals surface area contributed by atoms with E-state index in [4.69, 9.17) is 10.2 Å². The molecule has 4 nitrogen and oxygen atoms in total. The number of nitrogens with zero attached hydrogens (tertiary/aromatic N) is 2. The molecule has 2 N–H and O–H groups in total. The van der Waals surface area contributed by atoms with Gasteiger partial charge in [0.15, 0.2) is 0 Å². The molecule has 136 valence electrons. The van der Waals surface area contributed by atoms with E-state index in [1.807, 2.05) is 24.3 Å². The molecule has 26 heavy (non-hydrogen) atoms. The van der Waals surface area contributed by atoms with E-state index in [0.29, 0.717) is 17.5 Å². The molecule has 2 aromatic carbocycles. The van der Waals surface area contributed by atoms with Crippen LogP contribution in [0, 0.1) is 0 Å². The fraction of sp³-hybridized carbons (Fsp3) is 0.364. The average molecular weight is 349 g/mol. The van der Waals surface area contributed by atoms with Crippen LogP contribution in [0.2, 0.25) is 0 Å². The van der Waals surface area contributed by atoms with Gasteiger partial charge < -0.3 is 10.2 Å². The van der Waals surface area contributed by atoms with Crippen molar-refractivity contribution < 1.29 is 4.42 Å². The lowest BCUT2D eigenvalue weighted by Crippen LogP contribution is -2.16. The minimum atomic E-state index is 0.0375. The summed E-state index contributed by atoms with van der Waals surface area (Å²) in [6.45, 7) is 13.3. The molecule has 0 unspecified atom stereocenters. The van der Waals surface area contributed by atoms with Gasteiger partial charge in [0.1, 0.15) is 0 Å². The van der Waals surface area contributed by atoms with E-state index in [-0.39, 0.29) is 10.8 Å². The van der Waals surface area contributed by atoms with Gasteiger partial charge >= 0.3 is 0 Å². The van der Waals surface area contributed by atoms with E-state index >= 15 is 0 Å². The maximum absolute atomic E-state index is 5.97. The highest BCUT2D eigenvalue weighted by Gasteiger charge is 2.22. The predicted octanol–water partition coefficient (Wildman–Crippen LogP) is 5.58. The second-order valence-corrected chi connectivity index (χ2v) is 8.83. The molecule has 1 aromatic heterocycles. The van der Waals surface area contributed by atoms with Crippen molar-refractivity contribution >= 4 is 5.69 Å². The number of hydrogen-bond donors (Lipinski definition) is 1. The number of nitrogen functional groups attached to an aromatic ring is 1. The van der Waals surface area contributed by atoms with Gasteiger partial charge in [0.05, 0.1) is 0 Å². The first-order chi connectivity index (χ1) is 12.0. The highest BCUT2D eigenvalue weighted by atomic mass is 16.4. The third-order valence-electron chi connectivity index (χ3n) is 4.49. The van der Waals surface area contributed by atoms with Gasteiger partial charge in [-0.2, -0.15) is 0 Å². The minimum absolute atomic E-state index is 0.0375. The Kier molecular flexibility index (Phi) is 4.39. The minimum Gasteiger partial charge on any atom is -0.416 e. The fourth-order valence-corrected chi connectivity index (χ4v) is 2.70. The zero-order valence-corrected chi connectivity index (χ0v) is 16.4. The van der Waals surface area contributed by atoms with Gasteiger partial charge in [-0.25, -0.2) is 0 Å². The number of hydrogen-bond acceptors (Lipinski definition) is 4. The van der Waals surface area contributed by atoms with Crippen molar-refractivity contribution in [3.63, 3.8) is 0 Å². The molecule has 4 heteroatoms. The molecular formula is C22H27N3O. The molecule has 0 radical (unpaired) electrons. The second-order valence-electron chi connectivity index (χ2n) is 8.83. The molecule has 0 saturated carbocycles. The van der Waals surface area contributed by atoms with Crippen molar-refractivity contribution in [1.29, 1.82) is 0 Å². The van der Waals surface area contributed by atoms with E-state index in [2.05, 4.69) is 69.9 Å². The van der Waals surface area contributed by atoms with Crippen LogP contribution in [0.4, 0.5) is 5.69 Å². The van der Waals surface area contributed by atoms with Gasteiger partial charge in [-0.15, -0.1) is 10.2 Å². The number of nitrogens with two attached hydrogens (primary N) is 1. The molecule has 0 aliphatic heterocycles. The van der Waals surface area contributed by atoms with E-state index in [0.717, 1.165) is 11.1 Å². The summed E-state index contributed by atoms with van der Waals surface area (Å²) in [6, 6.07) is 14.0. The highest BCUT2D eigenvalue weighted by molar-refractivity contribution is 5.61. The average Bonchev–Trinajstić information content (AvgIpc) is 3.03. The van der Waals surface area contributed by atoms with Crippen LogP contribution in [0.1, 0.15) is 52.7 Å². The third kappa shape index (κ3) is 3.79. The van der Waals surface area contributed by atoms with Crippen molar-refractivity contribution in [2.45, 2.75) is 52.4 Å². The summed E-state index contributed by atoms with van der Waals surface area (Å²) in [4.78, 5) is 0. The Morgan fingerprint density at radius 1 is 0.692 bits per heavy atom. The van der Waals surface area contributed by atoms with Crippen molar-refractivity contribution in [1.82, 2.24) is 10.2 Å². The molecule has 3 rings (SSSR count). The first-order valence-electron chi connectivity index (χ1n) is 8.90. The van der Waals surface area contributed by atoms with Crippen LogP contribution < -0.4 is 5.73 Å².